The Morgan fingerprint density at radius 1 is 1.05 bits per heavy atom. The average Bonchev–Trinajstić information content (AvgIpc) is 2.48. The quantitative estimate of drug-likeness (QED) is 0.589. The Bertz CT molecular complexity index is 693. The van der Waals surface area contributed by atoms with E-state index in [1.165, 1.54) is 36.5 Å². The average molecular weight is 284 g/mol. The molecule has 0 atom stereocenters. The lowest BCUT2D eigenvalue weighted by Gasteiger charge is -2.01. The summed E-state index contributed by atoms with van der Waals surface area (Å²) in [6.07, 6.45) is 1.27. The normalized spacial score (nSPS) is 10.5. The SMILES string of the molecule is O=C(NN=Cc1ccccc1C(=O)O)c1ccc(O)cc1. The van der Waals surface area contributed by atoms with Gasteiger partial charge in [-0.25, -0.2) is 10.2 Å². The number of benzene rings is 2. The van der Waals surface area contributed by atoms with Crippen LogP contribution < -0.4 is 5.43 Å². The molecule has 1 amide bonds. The first-order valence-corrected chi connectivity index (χ1v) is 6.02. The molecule has 0 saturated heterocycles. The van der Waals surface area contributed by atoms with Gasteiger partial charge < -0.3 is 10.2 Å². The standard InChI is InChI=1S/C15H12N2O4/c18-12-7-5-10(6-8-12)14(19)17-16-9-11-3-1-2-4-13(11)15(20)21/h1-9,18H,(H,17,19)(H,20,21). The summed E-state index contributed by atoms with van der Waals surface area (Å²) in [7, 11) is 0. The van der Waals surface area contributed by atoms with Gasteiger partial charge in [0.15, 0.2) is 0 Å². The van der Waals surface area contributed by atoms with Crippen molar-refractivity contribution in [3.63, 3.8) is 0 Å². The number of rotatable bonds is 4. The lowest BCUT2D eigenvalue weighted by molar-refractivity contribution is 0.0696. The van der Waals surface area contributed by atoms with Crippen LogP contribution in [0.1, 0.15) is 26.3 Å². The van der Waals surface area contributed by atoms with Crippen LogP contribution in [-0.2, 0) is 0 Å². The molecule has 0 saturated carbocycles. The first-order valence-electron chi connectivity index (χ1n) is 6.02. The number of aromatic hydroxyl groups is 1. The van der Waals surface area contributed by atoms with E-state index in [4.69, 9.17) is 10.2 Å². The molecular weight excluding hydrogens is 272 g/mol. The zero-order valence-corrected chi connectivity index (χ0v) is 10.9. The molecule has 6 nitrogen and oxygen atoms in total. The van der Waals surface area contributed by atoms with E-state index in [9.17, 15) is 9.59 Å². The van der Waals surface area contributed by atoms with Crippen molar-refractivity contribution in [1.29, 1.82) is 0 Å². The van der Waals surface area contributed by atoms with E-state index in [0.29, 0.717) is 11.1 Å². The smallest absolute Gasteiger partial charge is 0.336 e. The number of phenols is 1. The Morgan fingerprint density at radius 2 is 1.71 bits per heavy atom. The Hall–Kier alpha value is -3.15. The highest BCUT2D eigenvalue weighted by molar-refractivity contribution is 5.99. The maximum Gasteiger partial charge on any atom is 0.336 e. The fraction of sp³-hybridized carbons (Fsp3) is 0. The molecule has 0 spiro atoms. The second-order valence-corrected chi connectivity index (χ2v) is 4.14. The largest absolute Gasteiger partial charge is 0.508 e. The Labute approximate surface area is 120 Å². The molecule has 0 aliphatic rings. The Balaban J connectivity index is 2.07. The van der Waals surface area contributed by atoms with Crippen LogP contribution in [0.3, 0.4) is 0 Å². The molecule has 3 N–H and O–H groups in total. The maximum atomic E-state index is 11.7. The molecule has 2 rings (SSSR count). The van der Waals surface area contributed by atoms with Gasteiger partial charge >= 0.3 is 5.97 Å². The third kappa shape index (κ3) is 3.66. The molecule has 0 aliphatic heterocycles. The number of carbonyl (C=O) groups excluding carboxylic acids is 1. The van der Waals surface area contributed by atoms with Crippen LogP contribution in [0.2, 0.25) is 0 Å². The molecule has 0 bridgehead atoms. The van der Waals surface area contributed by atoms with E-state index in [-0.39, 0.29) is 11.3 Å². The van der Waals surface area contributed by atoms with Gasteiger partial charge in [0.25, 0.3) is 5.91 Å². The summed E-state index contributed by atoms with van der Waals surface area (Å²) in [4.78, 5) is 22.7. The van der Waals surface area contributed by atoms with Gasteiger partial charge in [-0.3, -0.25) is 4.79 Å². The minimum absolute atomic E-state index is 0.0606. The van der Waals surface area contributed by atoms with Crippen molar-refractivity contribution in [3.05, 3.63) is 65.2 Å². The van der Waals surface area contributed by atoms with Crippen molar-refractivity contribution in [1.82, 2.24) is 5.43 Å². The third-order valence-corrected chi connectivity index (χ3v) is 2.69. The van der Waals surface area contributed by atoms with Crippen LogP contribution in [0, 0.1) is 0 Å². The number of carbonyl (C=O) groups is 2. The number of aromatic carboxylic acids is 1. The molecule has 0 aliphatic carbocycles. The topological polar surface area (TPSA) is 99.0 Å². The van der Waals surface area contributed by atoms with Crippen molar-refractivity contribution in [2.24, 2.45) is 5.10 Å². The molecule has 2 aromatic carbocycles. The van der Waals surface area contributed by atoms with Gasteiger partial charge in [-0.1, -0.05) is 18.2 Å². The second kappa shape index (κ2) is 6.33. The van der Waals surface area contributed by atoms with Crippen LogP contribution in [0.5, 0.6) is 5.75 Å². The molecule has 106 valence electrons. The van der Waals surface area contributed by atoms with Crippen LogP contribution in [0.15, 0.2) is 53.6 Å². The van der Waals surface area contributed by atoms with E-state index >= 15 is 0 Å². The molecular formula is C15H12N2O4. The summed E-state index contributed by atoms with van der Waals surface area (Å²) >= 11 is 0. The number of amides is 1. The zero-order chi connectivity index (χ0) is 15.2. The fourth-order valence-electron chi connectivity index (χ4n) is 1.64. The predicted octanol–water partition coefficient (Wildman–Crippen LogP) is 1.85. The van der Waals surface area contributed by atoms with E-state index in [1.807, 2.05) is 0 Å². The van der Waals surface area contributed by atoms with Crippen molar-refractivity contribution in [2.75, 3.05) is 0 Å². The number of hydrogen-bond donors (Lipinski definition) is 3. The minimum Gasteiger partial charge on any atom is -0.508 e. The number of hydrazone groups is 1. The highest BCUT2D eigenvalue weighted by atomic mass is 16.4. The summed E-state index contributed by atoms with van der Waals surface area (Å²) in [5, 5.41) is 21.9. The zero-order valence-electron chi connectivity index (χ0n) is 10.9. The first-order chi connectivity index (χ1) is 10.1. The highest BCUT2D eigenvalue weighted by Crippen LogP contribution is 2.09. The molecule has 0 heterocycles. The summed E-state index contributed by atoms with van der Waals surface area (Å²) < 4.78 is 0. The number of carboxylic acid groups (broad SMARTS) is 1. The van der Waals surface area contributed by atoms with Crippen molar-refractivity contribution in [2.45, 2.75) is 0 Å². The first kappa shape index (κ1) is 14.3. The van der Waals surface area contributed by atoms with Crippen LogP contribution >= 0.6 is 0 Å². The van der Waals surface area contributed by atoms with Gasteiger partial charge in [0.1, 0.15) is 5.75 Å². The van der Waals surface area contributed by atoms with Crippen molar-refractivity contribution in [3.8, 4) is 5.75 Å². The molecule has 21 heavy (non-hydrogen) atoms. The van der Waals surface area contributed by atoms with E-state index in [0.717, 1.165) is 0 Å². The van der Waals surface area contributed by atoms with Crippen LogP contribution in [0.25, 0.3) is 0 Å². The number of carboxylic acids is 1. The number of phenolic OH excluding ortho intramolecular Hbond substituents is 1. The van der Waals surface area contributed by atoms with E-state index < -0.39 is 11.9 Å². The van der Waals surface area contributed by atoms with Crippen LogP contribution in [0.4, 0.5) is 0 Å². The summed E-state index contributed by atoms with van der Waals surface area (Å²) in [6.45, 7) is 0. The van der Waals surface area contributed by atoms with Gasteiger partial charge in [-0.05, 0) is 30.3 Å². The Kier molecular flexibility index (Phi) is 4.30. The van der Waals surface area contributed by atoms with Gasteiger partial charge in [0, 0.05) is 11.1 Å². The van der Waals surface area contributed by atoms with Crippen molar-refractivity contribution < 1.29 is 19.8 Å². The lowest BCUT2D eigenvalue weighted by Crippen LogP contribution is -2.17. The monoisotopic (exact) mass is 284 g/mol. The third-order valence-electron chi connectivity index (χ3n) is 2.69. The van der Waals surface area contributed by atoms with E-state index in [2.05, 4.69) is 10.5 Å². The van der Waals surface area contributed by atoms with Crippen LogP contribution in [-0.4, -0.2) is 28.3 Å². The van der Waals surface area contributed by atoms with Gasteiger partial charge in [-0.15, -0.1) is 0 Å². The Morgan fingerprint density at radius 3 is 2.38 bits per heavy atom. The molecule has 0 aromatic heterocycles. The molecule has 6 heteroatoms. The van der Waals surface area contributed by atoms with Gasteiger partial charge in [-0.2, -0.15) is 5.10 Å². The fourth-order valence-corrected chi connectivity index (χ4v) is 1.64. The lowest BCUT2D eigenvalue weighted by atomic mass is 10.1. The number of nitrogens with zero attached hydrogens (tertiary/aromatic N) is 1. The number of nitrogens with one attached hydrogen (secondary N) is 1. The maximum absolute atomic E-state index is 11.7. The van der Waals surface area contributed by atoms with Crippen molar-refractivity contribution >= 4 is 18.1 Å². The molecule has 0 fully saturated rings. The van der Waals surface area contributed by atoms with Gasteiger partial charge in [0.2, 0.25) is 0 Å². The van der Waals surface area contributed by atoms with Gasteiger partial charge in [0.05, 0.1) is 11.8 Å². The number of hydrogen-bond acceptors (Lipinski definition) is 4. The highest BCUT2D eigenvalue weighted by Gasteiger charge is 2.07. The molecule has 0 unspecified atom stereocenters. The molecule has 2 aromatic rings. The second-order valence-electron chi connectivity index (χ2n) is 4.14. The summed E-state index contributed by atoms with van der Waals surface area (Å²) in [5.41, 5.74) is 3.10. The summed E-state index contributed by atoms with van der Waals surface area (Å²) in [6, 6.07) is 12.0. The molecule has 0 radical (unpaired) electrons. The van der Waals surface area contributed by atoms with E-state index in [1.54, 1.807) is 18.2 Å². The minimum atomic E-state index is -1.07. The summed E-state index contributed by atoms with van der Waals surface area (Å²) in [5.74, 6) is -1.47. The predicted molar refractivity (Wildman–Crippen MR) is 76.6 cm³/mol.